The maximum Gasteiger partial charge on any atom is 0.193 e. The summed E-state index contributed by atoms with van der Waals surface area (Å²) in [5.41, 5.74) is 0. The third-order valence-electron chi connectivity index (χ3n) is 4.91. The van der Waals surface area contributed by atoms with E-state index in [0.717, 1.165) is 63.8 Å². The van der Waals surface area contributed by atoms with E-state index < -0.39 is 0 Å². The van der Waals surface area contributed by atoms with Crippen molar-refractivity contribution >= 4 is 11.8 Å². The monoisotopic (exact) mass is 317 g/mol. The van der Waals surface area contributed by atoms with Crippen molar-refractivity contribution in [3.05, 3.63) is 24.4 Å². The Morgan fingerprint density at radius 2 is 2.13 bits per heavy atom. The van der Waals surface area contributed by atoms with Crippen LogP contribution in [-0.4, -0.2) is 66.8 Å². The van der Waals surface area contributed by atoms with Gasteiger partial charge in [0.15, 0.2) is 5.96 Å². The number of aliphatic imine (C=N–C) groups is 1. The first-order chi connectivity index (χ1) is 11.3. The van der Waals surface area contributed by atoms with Crippen LogP contribution >= 0.6 is 0 Å². The van der Waals surface area contributed by atoms with E-state index in [1.807, 2.05) is 25.4 Å². The highest BCUT2D eigenvalue weighted by Gasteiger charge is 2.26. The molecule has 2 unspecified atom stereocenters. The number of anilines is 1. The molecule has 126 valence electrons. The second kappa shape index (κ2) is 7.64. The number of guanidine groups is 1. The summed E-state index contributed by atoms with van der Waals surface area (Å²) < 4.78 is 0. The van der Waals surface area contributed by atoms with Crippen molar-refractivity contribution in [2.24, 2.45) is 10.9 Å². The molecular weight excluding hydrogens is 290 g/mol. The van der Waals surface area contributed by atoms with Crippen LogP contribution in [0.5, 0.6) is 0 Å². The summed E-state index contributed by atoms with van der Waals surface area (Å²) in [4.78, 5) is 13.4. The first-order valence-electron chi connectivity index (χ1n) is 8.57. The summed E-state index contributed by atoms with van der Waals surface area (Å²) in [5, 5.41) is 13.4. The van der Waals surface area contributed by atoms with E-state index in [1.54, 1.807) is 0 Å². The van der Waals surface area contributed by atoms with Crippen molar-refractivity contribution in [2.75, 3.05) is 44.7 Å². The Hall–Kier alpha value is -1.82. The second-order valence-electron chi connectivity index (χ2n) is 6.35. The highest BCUT2D eigenvalue weighted by atomic mass is 16.3. The van der Waals surface area contributed by atoms with E-state index in [-0.39, 0.29) is 6.10 Å². The molecular formula is C17H27N5O. The molecule has 3 rings (SSSR count). The van der Waals surface area contributed by atoms with Crippen molar-refractivity contribution in [1.29, 1.82) is 0 Å². The molecule has 2 N–H and O–H groups in total. The molecule has 1 aliphatic carbocycles. The van der Waals surface area contributed by atoms with Crippen molar-refractivity contribution in [3.63, 3.8) is 0 Å². The molecule has 0 radical (unpaired) electrons. The average Bonchev–Trinajstić information content (AvgIpc) is 3.02. The van der Waals surface area contributed by atoms with Crippen LogP contribution < -0.4 is 10.2 Å². The largest absolute Gasteiger partial charge is 0.393 e. The van der Waals surface area contributed by atoms with E-state index in [9.17, 15) is 5.11 Å². The minimum atomic E-state index is -0.151. The van der Waals surface area contributed by atoms with E-state index in [4.69, 9.17) is 0 Å². The Bertz CT molecular complexity index is 513. The Morgan fingerprint density at radius 3 is 2.74 bits per heavy atom. The number of aliphatic hydroxyl groups excluding tert-OH is 1. The van der Waals surface area contributed by atoms with Gasteiger partial charge < -0.3 is 20.2 Å². The van der Waals surface area contributed by atoms with Gasteiger partial charge in [-0.15, -0.1) is 0 Å². The predicted molar refractivity (Wildman–Crippen MR) is 92.7 cm³/mol. The molecule has 1 saturated carbocycles. The molecule has 2 aliphatic rings. The van der Waals surface area contributed by atoms with Gasteiger partial charge in [0.2, 0.25) is 0 Å². The summed E-state index contributed by atoms with van der Waals surface area (Å²) in [6.45, 7) is 4.58. The minimum Gasteiger partial charge on any atom is -0.393 e. The molecule has 23 heavy (non-hydrogen) atoms. The summed E-state index contributed by atoms with van der Waals surface area (Å²) in [6.07, 6.45) is 4.87. The molecule has 6 nitrogen and oxygen atoms in total. The summed E-state index contributed by atoms with van der Waals surface area (Å²) in [6, 6.07) is 6.04. The van der Waals surface area contributed by atoms with Gasteiger partial charge in [0.1, 0.15) is 5.82 Å². The van der Waals surface area contributed by atoms with Gasteiger partial charge in [0.05, 0.1) is 6.10 Å². The Kier molecular flexibility index (Phi) is 5.33. The maximum absolute atomic E-state index is 9.94. The van der Waals surface area contributed by atoms with Gasteiger partial charge in [-0.1, -0.05) is 12.5 Å². The average molecular weight is 317 g/mol. The number of aromatic nitrogens is 1. The van der Waals surface area contributed by atoms with Gasteiger partial charge in [0, 0.05) is 51.9 Å². The number of aliphatic hydroxyl groups is 1. The van der Waals surface area contributed by atoms with E-state index >= 15 is 0 Å². The van der Waals surface area contributed by atoms with Crippen LogP contribution in [0.25, 0.3) is 0 Å². The van der Waals surface area contributed by atoms with Crippen LogP contribution in [0.15, 0.2) is 29.4 Å². The van der Waals surface area contributed by atoms with Crippen LogP contribution in [0.2, 0.25) is 0 Å². The van der Waals surface area contributed by atoms with E-state index in [0.29, 0.717) is 5.92 Å². The zero-order valence-electron chi connectivity index (χ0n) is 13.9. The van der Waals surface area contributed by atoms with Crippen LogP contribution in [0, 0.1) is 5.92 Å². The Balaban J connectivity index is 1.49. The fraction of sp³-hybridized carbons (Fsp3) is 0.647. The number of hydrogen-bond donors (Lipinski definition) is 2. The fourth-order valence-electron chi connectivity index (χ4n) is 3.50. The minimum absolute atomic E-state index is 0.151. The number of nitrogens with one attached hydrogen (secondary N) is 1. The zero-order valence-corrected chi connectivity index (χ0v) is 13.9. The zero-order chi connectivity index (χ0) is 16.1. The molecule has 1 aromatic rings. The van der Waals surface area contributed by atoms with Gasteiger partial charge in [0.25, 0.3) is 0 Å². The molecule has 1 saturated heterocycles. The van der Waals surface area contributed by atoms with E-state index in [2.05, 4.69) is 31.2 Å². The summed E-state index contributed by atoms with van der Waals surface area (Å²) >= 11 is 0. The van der Waals surface area contributed by atoms with Gasteiger partial charge in [-0.2, -0.15) is 0 Å². The standard InChI is InChI=1S/C17H27N5O/c1-18-17(20-13-14-5-4-6-15(14)23)22-11-9-21(10-12-22)16-7-2-3-8-19-16/h2-3,7-8,14-15,23H,4-6,9-13H2,1H3,(H,18,20). The maximum atomic E-state index is 9.94. The lowest BCUT2D eigenvalue weighted by Crippen LogP contribution is -2.53. The molecule has 1 aromatic heterocycles. The third-order valence-corrected chi connectivity index (χ3v) is 4.91. The summed E-state index contributed by atoms with van der Waals surface area (Å²) in [7, 11) is 1.83. The number of piperazine rings is 1. The van der Waals surface area contributed by atoms with Gasteiger partial charge in [-0.05, 0) is 25.0 Å². The van der Waals surface area contributed by atoms with Crippen LogP contribution in [-0.2, 0) is 0 Å². The molecule has 0 bridgehead atoms. The van der Waals surface area contributed by atoms with Gasteiger partial charge in [-0.3, -0.25) is 4.99 Å². The molecule has 2 atom stereocenters. The number of rotatable bonds is 3. The van der Waals surface area contributed by atoms with Crippen molar-refractivity contribution in [1.82, 2.24) is 15.2 Å². The van der Waals surface area contributed by atoms with Gasteiger partial charge in [-0.25, -0.2) is 4.98 Å². The third kappa shape index (κ3) is 3.93. The van der Waals surface area contributed by atoms with Crippen molar-refractivity contribution in [3.8, 4) is 0 Å². The first kappa shape index (κ1) is 16.1. The lowest BCUT2D eigenvalue weighted by atomic mass is 10.1. The molecule has 1 aliphatic heterocycles. The normalized spacial score (nSPS) is 25.7. The molecule has 2 heterocycles. The fourth-order valence-corrected chi connectivity index (χ4v) is 3.50. The topological polar surface area (TPSA) is 64.0 Å². The molecule has 2 fully saturated rings. The Morgan fingerprint density at radius 1 is 1.30 bits per heavy atom. The number of hydrogen-bond acceptors (Lipinski definition) is 4. The number of nitrogens with zero attached hydrogens (tertiary/aromatic N) is 4. The van der Waals surface area contributed by atoms with E-state index in [1.165, 1.54) is 0 Å². The predicted octanol–water partition coefficient (Wildman–Crippen LogP) is 0.940. The molecule has 6 heteroatoms. The second-order valence-corrected chi connectivity index (χ2v) is 6.35. The van der Waals surface area contributed by atoms with Crippen molar-refractivity contribution < 1.29 is 5.11 Å². The highest BCUT2D eigenvalue weighted by molar-refractivity contribution is 5.80. The Labute approximate surface area is 138 Å². The first-order valence-corrected chi connectivity index (χ1v) is 8.57. The lowest BCUT2D eigenvalue weighted by Gasteiger charge is -2.37. The van der Waals surface area contributed by atoms with Crippen LogP contribution in [0.1, 0.15) is 19.3 Å². The molecule has 0 spiro atoms. The van der Waals surface area contributed by atoms with Crippen molar-refractivity contribution in [2.45, 2.75) is 25.4 Å². The lowest BCUT2D eigenvalue weighted by molar-refractivity contribution is 0.133. The highest BCUT2D eigenvalue weighted by Crippen LogP contribution is 2.24. The van der Waals surface area contributed by atoms with Crippen LogP contribution in [0.3, 0.4) is 0 Å². The molecule has 0 amide bonds. The quantitative estimate of drug-likeness (QED) is 0.642. The molecule has 0 aromatic carbocycles. The smallest absolute Gasteiger partial charge is 0.193 e. The SMILES string of the molecule is CN=C(NCC1CCCC1O)N1CCN(c2ccccn2)CC1. The van der Waals surface area contributed by atoms with Crippen LogP contribution in [0.4, 0.5) is 5.82 Å². The summed E-state index contributed by atoms with van der Waals surface area (Å²) in [5.74, 6) is 2.36. The number of pyridine rings is 1. The van der Waals surface area contributed by atoms with Gasteiger partial charge >= 0.3 is 0 Å².